The summed E-state index contributed by atoms with van der Waals surface area (Å²) in [5.41, 5.74) is 6.62. The molecule has 0 spiro atoms. The molecule has 1 heterocycles. The lowest BCUT2D eigenvalue weighted by Crippen LogP contribution is -2.26. The van der Waals surface area contributed by atoms with Crippen LogP contribution in [0.25, 0.3) is 11.1 Å². The number of hydroxylamine groups is 1. The monoisotopic (exact) mass is 255 g/mol. The van der Waals surface area contributed by atoms with E-state index in [4.69, 9.17) is 9.57 Å². The van der Waals surface area contributed by atoms with Crippen LogP contribution in [0.15, 0.2) is 48.5 Å². The van der Waals surface area contributed by atoms with Gasteiger partial charge in [0.05, 0.1) is 19.8 Å². The summed E-state index contributed by atoms with van der Waals surface area (Å²) in [6.07, 6.45) is 0.916. The molecule has 2 aromatic carbocycles. The Kier molecular flexibility index (Phi) is 3.49. The van der Waals surface area contributed by atoms with Crippen LogP contribution in [0, 0.1) is 0 Å². The summed E-state index contributed by atoms with van der Waals surface area (Å²) in [6.45, 7) is 0.721. The van der Waals surface area contributed by atoms with Gasteiger partial charge in [0.1, 0.15) is 5.75 Å². The van der Waals surface area contributed by atoms with Crippen molar-refractivity contribution in [1.82, 2.24) is 5.48 Å². The second-order valence-corrected chi connectivity index (χ2v) is 4.63. The molecule has 2 aromatic rings. The first-order valence-electron chi connectivity index (χ1n) is 6.49. The molecule has 1 atom stereocenters. The van der Waals surface area contributed by atoms with Gasteiger partial charge in [0, 0.05) is 12.0 Å². The summed E-state index contributed by atoms with van der Waals surface area (Å²) in [5, 5.41) is 0. The third-order valence-corrected chi connectivity index (χ3v) is 3.42. The third kappa shape index (κ3) is 2.48. The second-order valence-electron chi connectivity index (χ2n) is 4.63. The molecule has 0 bridgehead atoms. The Morgan fingerprint density at radius 3 is 2.74 bits per heavy atom. The van der Waals surface area contributed by atoms with Gasteiger partial charge < -0.3 is 9.57 Å². The molecular formula is C16H17NO2. The van der Waals surface area contributed by atoms with E-state index in [1.165, 1.54) is 11.1 Å². The Hall–Kier alpha value is -1.84. The van der Waals surface area contributed by atoms with Gasteiger partial charge >= 0.3 is 0 Å². The van der Waals surface area contributed by atoms with Gasteiger partial charge in [-0.25, -0.2) is 0 Å². The van der Waals surface area contributed by atoms with E-state index < -0.39 is 0 Å². The van der Waals surface area contributed by atoms with Crippen LogP contribution in [0.3, 0.4) is 0 Å². The fourth-order valence-corrected chi connectivity index (χ4v) is 2.47. The first kappa shape index (κ1) is 12.2. The quantitative estimate of drug-likeness (QED) is 0.853. The highest BCUT2D eigenvalue weighted by Crippen LogP contribution is 2.35. The van der Waals surface area contributed by atoms with Crippen molar-refractivity contribution >= 4 is 0 Å². The van der Waals surface area contributed by atoms with Gasteiger partial charge in [-0.05, 0) is 23.3 Å². The zero-order valence-corrected chi connectivity index (χ0v) is 10.9. The lowest BCUT2D eigenvalue weighted by atomic mass is 9.96. The summed E-state index contributed by atoms with van der Waals surface area (Å²) in [6, 6.07) is 16.9. The molecule has 19 heavy (non-hydrogen) atoms. The minimum absolute atomic E-state index is 0.192. The molecule has 0 saturated carbocycles. The number of nitrogens with one attached hydrogen (secondary N) is 1. The highest BCUT2D eigenvalue weighted by atomic mass is 16.6. The normalized spacial score (nSPS) is 17.6. The molecule has 1 N–H and O–H groups in total. The number of hydrogen-bond donors (Lipinski definition) is 1. The lowest BCUT2D eigenvalue weighted by Gasteiger charge is -2.26. The SMILES string of the molecule is CONC1CCOc2ccc(-c3ccccc3)cc21. The highest BCUT2D eigenvalue weighted by Gasteiger charge is 2.21. The number of rotatable bonds is 3. The Morgan fingerprint density at radius 2 is 1.95 bits per heavy atom. The number of benzene rings is 2. The zero-order valence-electron chi connectivity index (χ0n) is 10.9. The average Bonchev–Trinajstić information content (AvgIpc) is 2.48. The van der Waals surface area contributed by atoms with Crippen LogP contribution in [0.1, 0.15) is 18.0 Å². The van der Waals surface area contributed by atoms with Gasteiger partial charge in [-0.2, -0.15) is 5.48 Å². The van der Waals surface area contributed by atoms with Gasteiger partial charge in [-0.1, -0.05) is 36.4 Å². The van der Waals surface area contributed by atoms with Crippen molar-refractivity contribution in [2.75, 3.05) is 13.7 Å². The van der Waals surface area contributed by atoms with Crippen molar-refractivity contribution in [2.45, 2.75) is 12.5 Å². The standard InChI is InChI=1S/C16H17NO2/c1-18-17-15-9-10-19-16-8-7-13(11-14(15)16)12-5-3-2-4-6-12/h2-8,11,15,17H,9-10H2,1H3. The van der Waals surface area contributed by atoms with E-state index in [1.807, 2.05) is 12.1 Å². The van der Waals surface area contributed by atoms with Crippen LogP contribution in [-0.2, 0) is 4.84 Å². The molecule has 0 aromatic heterocycles. The van der Waals surface area contributed by atoms with Crippen LogP contribution < -0.4 is 10.2 Å². The summed E-state index contributed by atoms with van der Waals surface area (Å²) >= 11 is 0. The number of hydrogen-bond acceptors (Lipinski definition) is 3. The van der Waals surface area contributed by atoms with E-state index in [9.17, 15) is 0 Å². The maximum Gasteiger partial charge on any atom is 0.124 e. The van der Waals surface area contributed by atoms with Gasteiger partial charge in [-0.15, -0.1) is 0 Å². The van der Waals surface area contributed by atoms with Crippen molar-refractivity contribution < 1.29 is 9.57 Å². The maximum atomic E-state index is 5.70. The minimum Gasteiger partial charge on any atom is -0.493 e. The summed E-state index contributed by atoms with van der Waals surface area (Å²) in [5.74, 6) is 0.945. The summed E-state index contributed by atoms with van der Waals surface area (Å²) in [7, 11) is 1.65. The van der Waals surface area contributed by atoms with Crippen molar-refractivity contribution in [1.29, 1.82) is 0 Å². The average molecular weight is 255 g/mol. The maximum absolute atomic E-state index is 5.70. The van der Waals surface area contributed by atoms with Crippen LogP contribution in [0.4, 0.5) is 0 Å². The van der Waals surface area contributed by atoms with Crippen molar-refractivity contribution in [3.8, 4) is 16.9 Å². The fraction of sp³-hybridized carbons (Fsp3) is 0.250. The number of fused-ring (bicyclic) bond motifs is 1. The van der Waals surface area contributed by atoms with Gasteiger partial charge in [0.2, 0.25) is 0 Å². The van der Waals surface area contributed by atoms with E-state index in [0.29, 0.717) is 0 Å². The Morgan fingerprint density at radius 1 is 1.11 bits per heavy atom. The van der Waals surface area contributed by atoms with Crippen LogP contribution in [0.5, 0.6) is 5.75 Å². The van der Waals surface area contributed by atoms with E-state index in [1.54, 1.807) is 7.11 Å². The topological polar surface area (TPSA) is 30.5 Å². The molecule has 0 aliphatic carbocycles. The van der Waals surface area contributed by atoms with E-state index >= 15 is 0 Å². The van der Waals surface area contributed by atoms with Crippen molar-refractivity contribution in [3.63, 3.8) is 0 Å². The molecule has 1 aliphatic heterocycles. The molecule has 3 heteroatoms. The Balaban J connectivity index is 2.00. The molecule has 3 rings (SSSR count). The van der Waals surface area contributed by atoms with E-state index in [-0.39, 0.29) is 6.04 Å². The lowest BCUT2D eigenvalue weighted by molar-refractivity contribution is 0.0463. The molecule has 1 aliphatic rings. The summed E-state index contributed by atoms with van der Waals surface area (Å²) < 4.78 is 5.70. The molecule has 0 amide bonds. The predicted molar refractivity (Wildman–Crippen MR) is 74.9 cm³/mol. The molecule has 98 valence electrons. The number of ether oxygens (including phenoxy) is 1. The Labute approximate surface area is 113 Å². The summed E-state index contributed by atoms with van der Waals surface area (Å²) in [4.78, 5) is 5.08. The van der Waals surface area contributed by atoms with E-state index in [0.717, 1.165) is 24.3 Å². The van der Waals surface area contributed by atoms with E-state index in [2.05, 4.69) is 41.9 Å². The molecular weight excluding hydrogens is 238 g/mol. The first-order valence-corrected chi connectivity index (χ1v) is 6.49. The zero-order chi connectivity index (χ0) is 13.1. The molecule has 1 unspecified atom stereocenters. The van der Waals surface area contributed by atoms with Crippen LogP contribution >= 0.6 is 0 Å². The van der Waals surface area contributed by atoms with Crippen molar-refractivity contribution in [2.24, 2.45) is 0 Å². The van der Waals surface area contributed by atoms with Gasteiger partial charge in [0.25, 0.3) is 0 Å². The minimum atomic E-state index is 0.192. The predicted octanol–water partition coefficient (Wildman–Crippen LogP) is 3.33. The smallest absolute Gasteiger partial charge is 0.124 e. The second kappa shape index (κ2) is 5.43. The van der Waals surface area contributed by atoms with Crippen LogP contribution in [-0.4, -0.2) is 13.7 Å². The molecule has 0 saturated heterocycles. The molecule has 0 radical (unpaired) electrons. The van der Waals surface area contributed by atoms with Crippen LogP contribution in [0.2, 0.25) is 0 Å². The first-order chi connectivity index (χ1) is 9.38. The van der Waals surface area contributed by atoms with Crippen molar-refractivity contribution in [3.05, 3.63) is 54.1 Å². The third-order valence-electron chi connectivity index (χ3n) is 3.42. The fourth-order valence-electron chi connectivity index (χ4n) is 2.47. The van der Waals surface area contributed by atoms with Gasteiger partial charge in [-0.3, -0.25) is 0 Å². The van der Waals surface area contributed by atoms with Gasteiger partial charge in [0.15, 0.2) is 0 Å². The highest BCUT2D eigenvalue weighted by molar-refractivity contribution is 5.66. The Bertz CT molecular complexity index is 554. The largest absolute Gasteiger partial charge is 0.493 e. The molecule has 0 fully saturated rings. The molecule has 3 nitrogen and oxygen atoms in total.